The van der Waals surface area contributed by atoms with Gasteiger partial charge in [0.1, 0.15) is 0 Å². The molecule has 7 nitrogen and oxygen atoms in total. The number of nitrogens with zero attached hydrogens (tertiary/aromatic N) is 5. The van der Waals surface area contributed by atoms with Crippen LogP contribution in [0.3, 0.4) is 0 Å². The van der Waals surface area contributed by atoms with Gasteiger partial charge in [-0.2, -0.15) is 5.10 Å². The Kier molecular flexibility index (Phi) is 5.96. The summed E-state index contributed by atoms with van der Waals surface area (Å²) in [5.41, 5.74) is 3.65. The largest absolute Gasteiger partial charge is 0.373 e. The minimum Gasteiger partial charge on any atom is -0.373 e. The van der Waals surface area contributed by atoms with Gasteiger partial charge >= 0.3 is 0 Å². The van der Waals surface area contributed by atoms with Crippen LogP contribution in [0.5, 0.6) is 0 Å². The first kappa shape index (κ1) is 20.0. The van der Waals surface area contributed by atoms with E-state index in [-0.39, 0.29) is 18.1 Å². The van der Waals surface area contributed by atoms with Gasteiger partial charge in [-0.25, -0.2) is 0 Å². The lowest BCUT2D eigenvalue weighted by atomic mass is 9.98. The van der Waals surface area contributed by atoms with Crippen LogP contribution >= 0.6 is 0 Å². The summed E-state index contributed by atoms with van der Waals surface area (Å²) in [6.45, 7) is 8.14. The summed E-state index contributed by atoms with van der Waals surface area (Å²) in [7, 11) is 1.91. The van der Waals surface area contributed by atoms with Crippen LogP contribution in [-0.2, 0) is 11.8 Å². The minimum absolute atomic E-state index is 0.0152. The molecule has 29 heavy (non-hydrogen) atoms. The van der Waals surface area contributed by atoms with Crippen LogP contribution in [0.4, 0.5) is 0 Å². The van der Waals surface area contributed by atoms with Gasteiger partial charge in [0, 0.05) is 43.8 Å². The Morgan fingerprint density at radius 2 is 1.97 bits per heavy atom. The average molecular weight is 398 g/mol. The molecule has 0 unspecified atom stereocenters. The highest BCUT2D eigenvalue weighted by Gasteiger charge is 2.38. The molecule has 0 spiro atoms. The van der Waals surface area contributed by atoms with Crippen LogP contribution in [0, 0.1) is 13.8 Å². The molecule has 7 heteroatoms. The number of morpholine rings is 1. The van der Waals surface area contributed by atoms with Crippen molar-refractivity contribution in [2.24, 2.45) is 7.05 Å². The maximum absolute atomic E-state index is 13.5. The normalized spacial score (nSPS) is 23.3. The first-order valence-corrected chi connectivity index (χ1v) is 10.6. The molecule has 2 atom stereocenters. The molecule has 2 aliphatic rings. The Morgan fingerprint density at radius 1 is 1.17 bits per heavy atom. The molecule has 0 saturated carbocycles. The van der Waals surface area contributed by atoms with Crippen molar-refractivity contribution in [2.75, 3.05) is 32.8 Å². The Labute approximate surface area is 172 Å². The smallest absolute Gasteiger partial charge is 0.256 e. The van der Waals surface area contributed by atoms with Gasteiger partial charge < -0.3 is 14.5 Å². The Morgan fingerprint density at radius 3 is 2.66 bits per heavy atom. The molecule has 0 radical (unpaired) electrons. The Bertz CT molecular complexity index is 859. The lowest BCUT2D eigenvalue weighted by Gasteiger charge is -2.43. The number of aryl methyl sites for hydroxylation is 3. The molecule has 2 aromatic heterocycles. The van der Waals surface area contributed by atoms with Crippen molar-refractivity contribution >= 4 is 5.91 Å². The number of hydrogen-bond acceptors (Lipinski definition) is 5. The quantitative estimate of drug-likeness (QED) is 0.793. The second-order valence-corrected chi connectivity index (χ2v) is 8.29. The van der Waals surface area contributed by atoms with Crippen LogP contribution < -0.4 is 0 Å². The number of pyridine rings is 1. The molecule has 2 fully saturated rings. The number of carbonyl (C=O) groups is 1. The summed E-state index contributed by atoms with van der Waals surface area (Å²) in [5.74, 6) is 0.0152. The zero-order valence-electron chi connectivity index (χ0n) is 17.7. The molecular formula is C22H31N5O2. The van der Waals surface area contributed by atoms with Crippen LogP contribution in [-0.4, -0.2) is 69.4 Å². The van der Waals surface area contributed by atoms with Crippen molar-refractivity contribution in [2.45, 2.75) is 45.3 Å². The van der Waals surface area contributed by atoms with Gasteiger partial charge in [0.25, 0.3) is 5.91 Å². The molecule has 2 aromatic rings. The van der Waals surface area contributed by atoms with Gasteiger partial charge in [0.15, 0.2) is 0 Å². The number of hydrogen-bond donors (Lipinski definition) is 0. The second-order valence-electron chi connectivity index (χ2n) is 8.29. The fraction of sp³-hybridized carbons (Fsp3) is 0.591. The molecule has 2 saturated heterocycles. The van der Waals surface area contributed by atoms with E-state index < -0.39 is 0 Å². The van der Waals surface area contributed by atoms with E-state index >= 15 is 0 Å². The highest BCUT2D eigenvalue weighted by molar-refractivity contribution is 5.94. The Hall–Kier alpha value is -2.25. The van der Waals surface area contributed by atoms with Crippen molar-refractivity contribution in [3.63, 3.8) is 0 Å². The van der Waals surface area contributed by atoms with Crippen molar-refractivity contribution < 1.29 is 9.53 Å². The van der Waals surface area contributed by atoms with E-state index in [1.165, 1.54) is 19.3 Å². The fourth-order valence-corrected chi connectivity index (χ4v) is 4.42. The van der Waals surface area contributed by atoms with Crippen molar-refractivity contribution in [3.8, 4) is 0 Å². The number of piperidine rings is 1. The summed E-state index contributed by atoms with van der Waals surface area (Å²) >= 11 is 0. The molecule has 4 heterocycles. The van der Waals surface area contributed by atoms with Crippen molar-refractivity contribution in [1.82, 2.24) is 24.6 Å². The zero-order valence-corrected chi connectivity index (χ0v) is 17.7. The van der Waals surface area contributed by atoms with Crippen LogP contribution in [0.2, 0.25) is 0 Å². The number of amides is 1. The summed E-state index contributed by atoms with van der Waals surface area (Å²) in [5, 5.41) is 4.36. The first-order chi connectivity index (χ1) is 14.0. The number of rotatable bonds is 4. The summed E-state index contributed by atoms with van der Waals surface area (Å²) in [6.07, 6.45) is 9.28. The van der Waals surface area contributed by atoms with Gasteiger partial charge in [-0.15, -0.1) is 0 Å². The number of ether oxygens (including phenoxy) is 1. The Balaban J connectivity index is 1.63. The molecule has 1 amide bonds. The SMILES string of the molecule is Cc1cc(C(=O)N2CCO[C@@H](CN3CCCCC3)[C@@H]2c2cnn(C)c2)cnc1C. The molecular weight excluding hydrogens is 366 g/mol. The standard InChI is InChI=1S/C22H31N5O2/c1-16-11-18(12-23-17(16)2)22(28)27-9-10-29-20(15-26-7-5-4-6-8-26)21(27)19-13-24-25(3)14-19/h11-14,20-21H,4-10,15H2,1-3H3/t20-,21-/m0/s1. The lowest BCUT2D eigenvalue weighted by molar-refractivity contribution is -0.0741. The zero-order chi connectivity index (χ0) is 20.4. The van der Waals surface area contributed by atoms with Gasteiger partial charge in [0.2, 0.25) is 0 Å². The highest BCUT2D eigenvalue weighted by atomic mass is 16.5. The van der Waals surface area contributed by atoms with E-state index in [1.54, 1.807) is 10.9 Å². The average Bonchev–Trinajstić information content (AvgIpc) is 3.16. The van der Waals surface area contributed by atoms with Crippen molar-refractivity contribution in [1.29, 1.82) is 0 Å². The van der Waals surface area contributed by atoms with E-state index in [1.807, 2.05) is 44.3 Å². The molecule has 4 rings (SSSR count). The van der Waals surface area contributed by atoms with E-state index in [9.17, 15) is 4.79 Å². The fourth-order valence-electron chi connectivity index (χ4n) is 4.42. The highest BCUT2D eigenvalue weighted by Crippen LogP contribution is 2.32. The van der Waals surface area contributed by atoms with Crippen molar-refractivity contribution in [3.05, 3.63) is 47.0 Å². The number of carbonyl (C=O) groups excluding carboxylic acids is 1. The van der Waals surface area contributed by atoms with Crippen LogP contribution in [0.15, 0.2) is 24.7 Å². The molecule has 156 valence electrons. The van der Waals surface area contributed by atoms with E-state index in [0.29, 0.717) is 18.7 Å². The topological polar surface area (TPSA) is 63.5 Å². The lowest BCUT2D eigenvalue weighted by Crippen LogP contribution is -2.52. The number of aromatic nitrogens is 3. The van der Waals surface area contributed by atoms with Gasteiger partial charge in [-0.1, -0.05) is 6.42 Å². The maximum atomic E-state index is 13.5. The van der Waals surface area contributed by atoms with E-state index in [4.69, 9.17) is 4.74 Å². The van der Waals surface area contributed by atoms with E-state index in [2.05, 4.69) is 15.0 Å². The third kappa shape index (κ3) is 4.36. The molecule has 0 aromatic carbocycles. The number of likely N-dealkylation sites (tertiary alicyclic amines) is 1. The summed E-state index contributed by atoms with van der Waals surface area (Å²) < 4.78 is 8.02. The van der Waals surface area contributed by atoms with Gasteiger partial charge in [0.05, 0.1) is 30.5 Å². The summed E-state index contributed by atoms with van der Waals surface area (Å²) in [6, 6.07) is 1.80. The first-order valence-electron chi connectivity index (χ1n) is 10.6. The predicted molar refractivity (Wildman–Crippen MR) is 111 cm³/mol. The third-order valence-corrected chi connectivity index (χ3v) is 6.15. The van der Waals surface area contributed by atoms with Gasteiger partial charge in [-0.3, -0.25) is 14.5 Å². The van der Waals surface area contributed by atoms with Crippen LogP contribution in [0.25, 0.3) is 0 Å². The maximum Gasteiger partial charge on any atom is 0.256 e. The molecule has 0 aliphatic carbocycles. The summed E-state index contributed by atoms with van der Waals surface area (Å²) in [4.78, 5) is 22.3. The van der Waals surface area contributed by atoms with E-state index in [0.717, 1.165) is 36.5 Å². The minimum atomic E-state index is -0.145. The molecule has 2 aliphatic heterocycles. The predicted octanol–water partition coefficient (Wildman–Crippen LogP) is 2.50. The molecule has 0 N–H and O–H groups in total. The van der Waals surface area contributed by atoms with Gasteiger partial charge in [-0.05, 0) is 51.4 Å². The monoisotopic (exact) mass is 397 g/mol. The molecule has 0 bridgehead atoms. The second kappa shape index (κ2) is 8.63. The van der Waals surface area contributed by atoms with Crippen LogP contribution in [0.1, 0.15) is 52.5 Å². The third-order valence-electron chi connectivity index (χ3n) is 6.15.